The summed E-state index contributed by atoms with van der Waals surface area (Å²) in [5, 5.41) is 6.87. The van der Waals surface area contributed by atoms with E-state index in [0.717, 1.165) is 16.9 Å². The van der Waals surface area contributed by atoms with Crippen molar-refractivity contribution in [2.45, 2.75) is 13.5 Å². The molecule has 2 N–H and O–H groups in total. The van der Waals surface area contributed by atoms with Crippen molar-refractivity contribution in [1.29, 1.82) is 0 Å². The average Bonchev–Trinajstić information content (AvgIpc) is 2.62. The first-order valence-corrected chi connectivity index (χ1v) is 8.05. The quantitative estimate of drug-likeness (QED) is 0.472. The van der Waals surface area contributed by atoms with Gasteiger partial charge in [0, 0.05) is 11.6 Å². The minimum absolute atomic E-state index is 0.228. The molecule has 0 fully saturated rings. The number of rotatable bonds is 6. The van der Waals surface area contributed by atoms with Gasteiger partial charge in [-0.1, -0.05) is 23.7 Å². The lowest BCUT2D eigenvalue weighted by Gasteiger charge is -2.04. The van der Waals surface area contributed by atoms with Gasteiger partial charge in [-0.05, 0) is 54.4 Å². The van der Waals surface area contributed by atoms with Crippen molar-refractivity contribution in [1.82, 2.24) is 10.7 Å². The van der Waals surface area contributed by atoms with Crippen LogP contribution < -0.4 is 15.5 Å². The molecule has 130 valence electrons. The number of nitrogens with one attached hydrogen (secondary N) is 2. The second-order valence-corrected chi connectivity index (χ2v) is 5.45. The lowest BCUT2D eigenvalue weighted by atomic mass is 10.2. The summed E-state index contributed by atoms with van der Waals surface area (Å²) in [4.78, 5) is 23.4. The van der Waals surface area contributed by atoms with Crippen LogP contribution >= 0.6 is 11.6 Å². The second-order valence-electron chi connectivity index (χ2n) is 5.01. The molecule has 2 aromatic carbocycles. The number of carbonyl (C=O) groups excluding carboxylic acids is 2. The normalized spacial score (nSPS) is 10.5. The fraction of sp³-hybridized carbons (Fsp3) is 0.167. The first-order chi connectivity index (χ1) is 12.1. The summed E-state index contributed by atoms with van der Waals surface area (Å²) < 4.78 is 5.33. The van der Waals surface area contributed by atoms with E-state index < -0.39 is 11.8 Å². The van der Waals surface area contributed by atoms with Gasteiger partial charge in [0.25, 0.3) is 0 Å². The topological polar surface area (TPSA) is 79.8 Å². The van der Waals surface area contributed by atoms with Crippen molar-refractivity contribution in [2.75, 3.05) is 6.61 Å². The van der Waals surface area contributed by atoms with Crippen molar-refractivity contribution in [2.24, 2.45) is 5.10 Å². The highest BCUT2D eigenvalue weighted by Crippen LogP contribution is 2.10. The Morgan fingerprint density at radius 3 is 2.40 bits per heavy atom. The van der Waals surface area contributed by atoms with E-state index in [1.54, 1.807) is 48.5 Å². The van der Waals surface area contributed by atoms with Crippen LogP contribution in [0.25, 0.3) is 0 Å². The Morgan fingerprint density at radius 1 is 1.08 bits per heavy atom. The molecule has 25 heavy (non-hydrogen) atoms. The summed E-state index contributed by atoms with van der Waals surface area (Å²) in [5.74, 6) is -0.847. The van der Waals surface area contributed by atoms with E-state index in [0.29, 0.717) is 11.6 Å². The van der Waals surface area contributed by atoms with Crippen molar-refractivity contribution >= 4 is 29.6 Å². The third kappa shape index (κ3) is 6.27. The highest BCUT2D eigenvalue weighted by molar-refractivity contribution is 6.35. The largest absolute Gasteiger partial charge is 0.494 e. The molecule has 0 aliphatic rings. The van der Waals surface area contributed by atoms with Crippen LogP contribution in [0.5, 0.6) is 5.75 Å². The molecular formula is C18H18ClN3O3. The Hall–Kier alpha value is -2.86. The Morgan fingerprint density at radius 2 is 1.76 bits per heavy atom. The predicted octanol–water partition coefficient (Wildman–Crippen LogP) is 2.51. The van der Waals surface area contributed by atoms with Gasteiger partial charge in [0.2, 0.25) is 0 Å². The summed E-state index contributed by atoms with van der Waals surface area (Å²) in [5.41, 5.74) is 3.79. The molecule has 7 heteroatoms. The fourth-order valence-corrected chi connectivity index (χ4v) is 2.02. The highest BCUT2D eigenvalue weighted by Gasteiger charge is 2.11. The number of hydrazone groups is 1. The van der Waals surface area contributed by atoms with E-state index in [-0.39, 0.29) is 6.54 Å². The molecule has 2 aromatic rings. The standard InChI is InChI=1S/C18H18ClN3O3/c1-2-25-16-9-5-14(6-10-16)12-21-22-18(24)17(23)20-11-13-3-7-15(19)8-4-13/h3-10,12H,2,11H2,1H3,(H,20,23)(H,22,24). The predicted molar refractivity (Wildman–Crippen MR) is 96.6 cm³/mol. The number of ether oxygens (including phenoxy) is 1. The van der Waals surface area contributed by atoms with E-state index in [4.69, 9.17) is 16.3 Å². The minimum atomic E-state index is -0.837. The zero-order valence-corrected chi connectivity index (χ0v) is 14.4. The molecule has 0 heterocycles. The van der Waals surface area contributed by atoms with Gasteiger partial charge in [-0.15, -0.1) is 0 Å². The lowest BCUT2D eigenvalue weighted by molar-refractivity contribution is -0.139. The number of halogens is 1. The van der Waals surface area contributed by atoms with Gasteiger partial charge in [-0.3, -0.25) is 9.59 Å². The van der Waals surface area contributed by atoms with Crippen molar-refractivity contribution < 1.29 is 14.3 Å². The molecule has 0 spiro atoms. The molecule has 6 nitrogen and oxygen atoms in total. The maximum atomic E-state index is 11.7. The maximum absolute atomic E-state index is 11.7. The van der Waals surface area contributed by atoms with E-state index >= 15 is 0 Å². The van der Waals surface area contributed by atoms with E-state index in [9.17, 15) is 9.59 Å². The molecule has 0 bridgehead atoms. The molecule has 0 atom stereocenters. The van der Waals surface area contributed by atoms with Crippen molar-refractivity contribution in [3.63, 3.8) is 0 Å². The van der Waals surface area contributed by atoms with Gasteiger partial charge in [-0.25, -0.2) is 5.43 Å². The van der Waals surface area contributed by atoms with Gasteiger partial charge in [-0.2, -0.15) is 5.10 Å². The SMILES string of the molecule is CCOc1ccc(C=NNC(=O)C(=O)NCc2ccc(Cl)cc2)cc1. The molecule has 0 aliphatic carbocycles. The van der Waals surface area contributed by atoms with E-state index in [1.165, 1.54) is 6.21 Å². The third-order valence-corrected chi connectivity index (χ3v) is 3.40. The van der Waals surface area contributed by atoms with Crippen LogP contribution in [0.3, 0.4) is 0 Å². The van der Waals surface area contributed by atoms with Crippen LogP contribution in [0, 0.1) is 0 Å². The van der Waals surface area contributed by atoms with Crippen LogP contribution in [-0.2, 0) is 16.1 Å². The van der Waals surface area contributed by atoms with E-state index in [1.807, 2.05) is 6.92 Å². The Bertz CT molecular complexity index is 743. The van der Waals surface area contributed by atoms with Gasteiger partial charge >= 0.3 is 11.8 Å². The van der Waals surface area contributed by atoms with Crippen LogP contribution in [0.15, 0.2) is 53.6 Å². The lowest BCUT2D eigenvalue weighted by Crippen LogP contribution is -2.37. The van der Waals surface area contributed by atoms with E-state index in [2.05, 4.69) is 15.8 Å². The Kier molecular flexibility index (Phi) is 6.98. The maximum Gasteiger partial charge on any atom is 0.329 e. The average molecular weight is 360 g/mol. The molecule has 0 saturated heterocycles. The van der Waals surface area contributed by atoms with Gasteiger partial charge in [0.1, 0.15) is 5.75 Å². The molecule has 0 saturated carbocycles. The van der Waals surface area contributed by atoms with Crippen LogP contribution in [0.1, 0.15) is 18.1 Å². The second kappa shape index (κ2) is 9.44. The van der Waals surface area contributed by atoms with Gasteiger partial charge in [0.05, 0.1) is 12.8 Å². The first kappa shape index (κ1) is 18.5. The molecule has 0 radical (unpaired) electrons. The summed E-state index contributed by atoms with van der Waals surface area (Å²) in [7, 11) is 0. The summed E-state index contributed by atoms with van der Waals surface area (Å²) in [6.07, 6.45) is 1.44. The zero-order valence-electron chi connectivity index (χ0n) is 13.7. The number of hydrogen-bond donors (Lipinski definition) is 2. The molecule has 0 unspecified atom stereocenters. The molecule has 0 aromatic heterocycles. The summed E-state index contributed by atoms with van der Waals surface area (Å²) in [6, 6.07) is 14.1. The number of carbonyl (C=O) groups is 2. The summed E-state index contributed by atoms with van der Waals surface area (Å²) in [6.45, 7) is 2.73. The Labute approximate surface area is 150 Å². The number of benzene rings is 2. The number of hydrogen-bond acceptors (Lipinski definition) is 4. The van der Waals surface area contributed by atoms with Crippen molar-refractivity contribution in [3.05, 3.63) is 64.7 Å². The minimum Gasteiger partial charge on any atom is -0.494 e. The van der Waals surface area contributed by atoms with Crippen LogP contribution in [0.4, 0.5) is 0 Å². The molecule has 2 amide bonds. The van der Waals surface area contributed by atoms with Crippen molar-refractivity contribution in [3.8, 4) is 5.75 Å². The third-order valence-electron chi connectivity index (χ3n) is 3.14. The molecule has 0 aliphatic heterocycles. The van der Waals surface area contributed by atoms with Crippen LogP contribution in [-0.4, -0.2) is 24.6 Å². The Balaban J connectivity index is 1.78. The van der Waals surface area contributed by atoms with Gasteiger partial charge < -0.3 is 10.1 Å². The number of nitrogens with zero attached hydrogens (tertiary/aromatic N) is 1. The molecule has 2 rings (SSSR count). The monoisotopic (exact) mass is 359 g/mol. The summed E-state index contributed by atoms with van der Waals surface area (Å²) >= 11 is 5.78. The highest BCUT2D eigenvalue weighted by atomic mass is 35.5. The van der Waals surface area contributed by atoms with Gasteiger partial charge in [0.15, 0.2) is 0 Å². The number of amides is 2. The zero-order chi connectivity index (χ0) is 18.1. The smallest absolute Gasteiger partial charge is 0.329 e. The first-order valence-electron chi connectivity index (χ1n) is 7.67. The molecular weight excluding hydrogens is 342 g/mol. The van der Waals surface area contributed by atoms with Crippen LogP contribution in [0.2, 0.25) is 5.02 Å². The fourth-order valence-electron chi connectivity index (χ4n) is 1.90.